The number of methoxy groups -OCH3 is 1. The number of fused-ring (bicyclic) bond motifs is 3. The van der Waals surface area contributed by atoms with E-state index in [0.29, 0.717) is 30.9 Å². The van der Waals surface area contributed by atoms with Crippen LogP contribution in [-0.2, 0) is 22.5 Å². The van der Waals surface area contributed by atoms with Crippen LogP contribution < -0.4 is 11.1 Å². The van der Waals surface area contributed by atoms with E-state index in [2.05, 4.69) is 14.9 Å². The van der Waals surface area contributed by atoms with Crippen LogP contribution in [0.15, 0.2) is 24.3 Å². The maximum atomic E-state index is 11.4. The molecule has 3 N–H and O–H groups in total. The molecule has 0 saturated heterocycles. The number of carbonyl (C=O) groups is 1. The highest BCUT2D eigenvalue weighted by molar-refractivity contribution is 6.06. The lowest BCUT2D eigenvalue weighted by molar-refractivity contribution is -0.120. The highest BCUT2D eigenvalue weighted by Gasteiger charge is 2.16. The van der Waals surface area contributed by atoms with Gasteiger partial charge in [0.15, 0.2) is 5.82 Å². The Balaban J connectivity index is 1.86. The molecule has 0 unspecified atom stereocenters. The molecule has 0 aliphatic carbocycles. The number of unbranched alkanes of at least 4 members (excludes halogenated alkanes) is 1. The molecule has 1 aromatic carbocycles. The summed E-state index contributed by atoms with van der Waals surface area (Å²) >= 11 is 0. The second kappa shape index (κ2) is 9.15. The first kappa shape index (κ1) is 19.6. The number of nitrogens with one attached hydrogen (secondary N) is 1. The van der Waals surface area contributed by atoms with Gasteiger partial charge in [0, 0.05) is 32.0 Å². The smallest absolute Gasteiger partial charge is 0.234 e. The van der Waals surface area contributed by atoms with Crippen LogP contribution in [0.5, 0.6) is 0 Å². The Morgan fingerprint density at radius 1 is 1.32 bits per heavy atom. The number of hydrogen-bond acceptors (Lipinski definition) is 6. The predicted molar refractivity (Wildman–Crippen MR) is 108 cm³/mol. The standard InChI is InChI=1S/C20H24N6O2/c1-28-13-9-16-25-18-19(14-6-2-3-7-15(14)24-20(18)22)26(16)12-5-4-11-23-17(27)8-10-21/h2-3,6-7H,4-5,8-9,11-13H2,1H3,(H2,22,24)(H,23,27). The van der Waals surface area contributed by atoms with Crippen molar-refractivity contribution in [3.63, 3.8) is 0 Å². The van der Waals surface area contributed by atoms with E-state index in [0.717, 1.165) is 41.6 Å². The zero-order valence-electron chi connectivity index (χ0n) is 15.9. The fourth-order valence-corrected chi connectivity index (χ4v) is 3.29. The molecule has 146 valence electrons. The number of imidazole rings is 1. The molecule has 3 rings (SSSR count). The van der Waals surface area contributed by atoms with Crippen LogP contribution in [-0.4, -0.2) is 40.7 Å². The number of hydrogen-bond donors (Lipinski definition) is 2. The van der Waals surface area contributed by atoms with Crippen molar-refractivity contribution < 1.29 is 9.53 Å². The number of amides is 1. The average Bonchev–Trinajstić information content (AvgIpc) is 3.06. The van der Waals surface area contributed by atoms with Gasteiger partial charge >= 0.3 is 0 Å². The molecule has 0 fully saturated rings. The van der Waals surface area contributed by atoms with Crippen molar-refractivity contribution in [3.8, 4) is 6.07 Å². The maximum absolute atomic E-state index is 11.4. The van der Waals surface area contributed by atoms with Crippen molar-refractivity contribution >= 4 is 33.7 Å². The molecule has 8 nitrogen and oxygen atoms in total. The molecule has 3 aromatic rings. The predicted octanol–water partition coefficient (Wildman–Crippen LogP) is 2.17. The third-order valence-electron chi connectivity index (χ3n) is 4.59. The number of anilines is 1. The Labute approximate surface area is 163 Å². The lowest BCUT2D eigenvalue weighted by Crippen LogP contribution is -2.23. The molecule has 28 heavy (non-hydrogen) atoms. The minimum atomic E-state index is -0.235. The van der Waals surface area contributed by atoms with Crippen molar-refractivity contribution in [3.05, 3.63) is 30.1 Å². The van der Waals surface area contributed by atoms with E-state index in [1.54, 1.807) is 7.11 Å². The first-order valence-corrected chi connectivity index (χ1v) is 9.31. The molecule has 0 radical (unpaired) electrons. The molecular formula is C20H24N6O2. The van der Waals surface area contributed by atoms with E-state index in [1.165, 1.54) is 0 Å². The van der Waals surface area contributed by atoms with Gasteiger partial charge in [0.05, 0.1) is 23.7 Å². The summed E-state index contributed by atoms with van der Waals surface area (Å²) in [6, 6.07) is 9.75. The summed E-state index contributed by atoms with van der Waals surface area (Å²) in [6.07, 6.45) is 2.23. The van der Waals surface area contributed by atoms with Crippen molar-refractivity contribution in [2.75, 3.05) is 26.0 Å². The number of nitrogen functional groups attached to an aromatic ring is 1. The summed E-state index contributed by atoms with van der Waals surface area (Å²) in [5, 5.41) is 12.3. The fraction of sp³-hybridized carbons (Fsp3) is 0.400. The normalized spacial score (nSPS) is 11.0. The van der Waals surface area contributed by atoms with Gasteiger partial charge in [-0.15, -0.1) is 0 Å². The number of nitrogens with zero attached hydrogens (tertiary/aromatic N) is 4. The number of para-hydroxylation sites is 1. The third-order valence-corrected chi connectivity index (χ3v) is 4.59. The summed E-state index contributed by atoms with van der Waals surface area (Å²) in [7, 11) is 1.67. The number of carbonyl (C=O) groups excluding carboxylic acids is 1. The highest BCUT2D eigenvalue weighted by atomic mass is 16.5. The van der Waals surface area contributed by atoms with E-state index in [4.69, 9.17) is 20.7 Å². The van der Waals surface area contributed by atoms with E-state index in [9.17, 15) is 4.79 Å². The van der Waals surface area contributed by atoms with Gasteiger partial charge in [0.25, 0.3) is 0 Å². The van der Waals surface area contributed by atoms with Gasteiger partial charge in [-0.05, 0) is 18.9 Å². The zero-order valence-corrected chi connectivity index (χ0v) is 15.9. The summed E-state index contributed by atoms with van der Waals surface area (Å²) in [5.41, 5.74) is 8.73. The summed E-state index contributed by atoms with van der Waals surface area (Å²) in [5.74, 6) is 1.10. The number of aryl methyl sites for hydroxylation is 1. The van der Waals surface area contributed by atoms with Gasteiger partial charge in [0.1, 0.15) is 17.8 Å². The van der Waals surface area contributed by atoms with E-state index >= 15 is 0 Å². The Morgan fingerprint density at radius 2 is 2.14 bits per heavy atom. The fourth-order valence-electron chi connectivity index (χ4n) is 3.29. The van der Waals surface area contributed by atoms with Crippen LogP contribution in [0.1, 0.15) is 25.1 Å². The molecule has 0 saturated carbocycles. The lowest BCUT2D eigenvalue weighted by Gasteiger charge is -2.11. The molecule has 2 heterocycles. The minimum Gasteiger partial charge on any atom is -0.384 e. The number of pyridine rings is 1. The quantitative estimate of drug-likeness (QED) is 0.549. The number of nitriles is 1. The maximum Gasteiger partial charge on any atom is 0.234 e. The van der Waals surface area contributed by atoms with Gasteiger partial charge in [-0.3, -0.25) is 4.79 Å². The molecule has 8 heteroatoms. The Bertz CT molecular complexity index is 1020. The van der Waals surface area contributed by atoms with Crippen LogP contribution in [0.4, 0.5) is 5.82 Å². The second-order valence-corrected chi connectivity index (χ2v) is 6.53. The van der Waals surface area contributed by atoms with Crippen LogP contribution in [0.25, 0.3) is 21.9 Å². The van der Waals surface area contributed by atoms with Gasteiger partial charge in [-0.2, -0.15) is 5.26 Å². The number of aromatic nitrogens is 3. The molecule has 0 atom stereocenters. The number of rotatable bonds is 9. The molecular weight excluding hydrogens is 356 g/mol. The molecule has 0 bridgehead atoms. The van der Waals surface area contributed by atoms with Crippen molar-refractivity contribution in [2.45, 2.75) is 32.2 Å². The number of nitrogens with two attached hydrogens (primary N) is 1. The zero-order chi connectivity index (χ0) is 19.9. The molecule has 2 aromatic heterocycles. The average molecular weight is 380 g/mol. The number of ether oxygens (including phenoxy) is 1. The van der Waals surface area contributed by atoms with Crippen LogP contribution in [0.2, 0.25) is 0 Å². The highest BCUT2D eigenvalue weighted by Crippen LogP contribution is 2.29. The SMILES string of the molecule is COCCc1nc2c(N)nc3ccccc3c2n1CCCCNC(=O)CC#N. The summed E-state index contributed by atoms with van der Waals surface area (Å²) in [4.78, 5) is 20.6. The lowest BCUT2D eigenvalue weighted by atomic mass is 10.2. The summed E-state index contributed by atoms with van der Waals surface area (Å²) < 4.78 is 7.42. The third kappa shape index (κ3) is 4.21. The topological polar surface area (TPSA) is 119 Å². The van der Waals surface area contributed by atoms with Crippen molar-refractivity contribution in [2.24, 2.45) is 0 Å². The first-order chi connectivity index (χ1) is 13.7. The molecule has 1 amide bonds. The minimum absolute atomic E-state index is 0.106. The Kier molecular flexibility index (Phi) is 6.40. The first-order valence-electron chi connectivity index (χ1n) is 9.31. The van der Waals surface area contributed by atoms with Crippen molar-refractivity contribution in [1.29, 1.82) is 5.26 Å². The van der Waals surface area contributed by atoms with Crippen LogP contribution in [0.3, 0.4) is 0 Å². The van der Waals surface area contributed by atoms with Gasteiger partial charge in [-0.25, -0.2) is 9.97 Å². The van der Waals surface area contributed by atoms with Crippen LogP contribution >= 0.6 is 0 Å². The van der Waals surface area contributed by atoms with Crippen molar-refractivity contribution in [1.82, 2.24) is 19.9 Å². The van der Waals surface area contributed by atoms with E-state index in [-0.39, 0.29) is 12.3 Å². The Morgan fingerprint density at radius 3 is 2.93 bits per heavy atom. The van der Waals surface area contributed by atoms with Crippen LogP contribution in [0, 0.1) is 11.3 Å². The van der Waals surface area contributed by atoms with Gasteiger partial charge in [-0.1, -0.05) is 18.2 Å². The van der Waals surface area contributed by atoms with Gasteiger partial charge < -0.3 is 20.4 Å². The van der Waals surface area contributed by atoms with E-state index in [1.807, 2.05) is 30.3 Å². The molecule has 0 spiro atoms. The molecule has 0 aliphatic rings. The Hall–Kier alpha value is -3.18. The number of benzene rings is 1. The second-order valence-electron chi connectivity index (χ2n) is 6.53. The van der Waals surface area contributed by atoms with Gasteiger partial charge in [0.2, 0.25) is 5.91 Å². The largest absolute Gasteiger partial charge is 0.384 e. The van der Waals surface area contributed by atoms with E-state index < -0.39 is 0 Å². The summed E-state index contributed by atoms with van der Waals surface area (Å²) in [6.45, 7) is 1.86. The molecule has 0 aliphatic heterocycles. The monoisotopic (exact) mass is 380 g/mol.